The highest BCUT2D eigenvalue weighted by molar-refractivity contribution is 5.74. The Morgan fingerprint density at radius 1 is 1.53 bits per heavy atom. The molecular formula is C12H20O3. The number of hydrogen-bond donors (Lipinski definition) is 1. The zero-order chi connectivity index (χ0) is 11.2. The maximum Gasteiger partial charge on any atom is 0.311 e. The van der Waals surface area contributed by atoms with Gasteiger partial charge in [-0.1, -0.05) is 13.8 Å². The van der Waals surface area contributed by atoms with Gasteiger partial charge in [0.2, 0.25) is 0 Å². The number of carbonyl (C=O) groups excluding carboxylic acids is 1. The standard InChI is InChI=1S/C12H20O3/c1-7-8-4-5-12(7,2)10(9(13)6-8)11(14)15-3/h7-10,13H,4-6H2,1-3H3/t7-,8+,9-,10?,12?/m0/s1. The van der Waals surface area contributed by atoms with E-state index in [2.05, 4.69) is 13.8 Å². The zero-order valence-corrected chi connectivity index (χ0v) is 9.69. The molecule has 3 heteroatoms. The quantitative estimate of drug-likeness (QED) is 0.671. The topological polar surface area (TPSA) is 46.5 Å². The molecule has 5 atom stereocenters. The molecule has 15 heavy (non-hydrogen) atoms. The molecule has 2 aliphatic carbocycles. The minimum absolute atomic E-state index is 0.0601. The molecule has 0 aromatic heterocycles. The van der Waals surface area contributed by atoms with E-state index in [0.29, 0.717) is 11.8 Å². The molecule has 0 saturated heterocycles. The molecular weight excluding hydrogens is 192 g/mol. The molecule has 0 radical (unpaired) electrons. The lowest BCUT2D eigenvalue weighted by atomic mass is 9.61. The van der Waals surface area contributed by atoms with Gasteiger partial charge in [-0.05, 0) is 36.5 Å². The monoisotopic (exact) mass is 212 g/mol. The van der Waals surface area contributed by atoms with E-state index < -0.39 is 6.10 Å². The first-order valence-corrected chi connectivity index (χ1v) is 5.76. The number of carbonyl (C=O) groups is 1. The summed E-state index contributed by atoms with van der Waals surface area (Å²) in [4.78, 5) is 11.7. The van der Waals surface area contributed by atoms with Gasteiger partial charge in [0.15, 0.2) is 0 Å². The average molecular weight is 212 g/mol. The summed E-state index contributed by atoms with van der Waals surface area (Å²) in [5.41, 5.74) is -0.0601. The normalized spacial score (nSPS) is 49.1. The van der Waals surface area contributed by atoms with Gasteiger partial charge >= 0.3 is 5.97 Å². The first-order chi connectivity index (χ1) is 7.00. The number of fused-ring (bicyclic) bond motifs is 2. The number of rotatable bonds is 1. The average Bonchev–Trinajstić information content (AvgIpc) is 2.40. The Morgan fingerprint density at radius 2 is 2.20 bits per heavy atom. The largest absolute Gasteiger partial charge is 0.469 e. The highest BCUT2D eigenvalue weighted by atomic mass is 16.5. The van der Waals surface area contributed by atoms with Crippen molar-refractivity contribution in [1.82, 2.24) is 0 Å². The maximum atomic E-state index is 11.7. The van der Waals surface area contributed by atoms with Crippen LogP contribution in [-0.4, -0.2) is 24.3 Å². The lowest BCUT2D eigenvalue weighted by Gasteiger charge is -2.44. The van der Waals surface area contributed by atoms with Crippen LogP contribution in [0.2, 0.25) is 0 Å². The highest BCUT2D eigenvalue weighted by Crippen LogP contribution is 2.58. The molecule has 2 unspecified atom stereocenters. The summed E-state index contributed by atoms with van der Waals surface area (Å²) >= 11 is 0. The van der Waals surface area contributed by atoms with E-state index in [1.54, 1.807) is 0 Å². The smallest absolute Gasteiger partial charge is 0.311 e. The summed E-state index contributed by atoms with van der Waals surface area (Å²) in [7, 11) is 1.41. The Morgan fingerprint density at radius 3 is 2.80 bits per heavy atom. The number of aliphatic hydroxyl groups is 1. The van der Waals surface area contributed by atoms with Crippen molar-refractivity contribution in [2.75, 3.05) is 7.11 Å². The fourth-order valence-corrected chi connectivity index (χ4v) is 3.71. The second-order valence-electron chi connectivity index (χ2n) is 5.40. The third-order valence-corrected chi connectivity index (χ3v) is 4.90. The van der Waals surface area contributed by atoms with Gasteiger partial charge in [0.05, 0.1) is 19.1 Å². The molecule has 2 rings (SSSR count). The van der Waals surface area contributed by atoms with Gasteiger partial charge in [-0.2, -0.15) is 0 Å². The van der Waals surface area contributed by atoms with E-state index >= 15 is 0 Å². The van der Waals surface area contributed by atoms with Crippen LogP contribution in [0.1, 0.15) is 33.1 Å². The van der Waals surface area contributed by atoms with Crippen LogP contribution in [-0.2, 0) is 9.53 Å². The van der Waals surface area contributed by atoms with Crippen molar-refractivity contribution in [3.05, 3.63) is 0 Å². The first-order valence-electron chi connectivity index (χ1n) is 5.76. The summed E-state index contributed by atoms with van der Waals surface area (Å²) in [6.45, 7) is 4.33. The number of ether oxygens (including phenoxy) is 1. The summed E-state index contributed by atoms with van der Waals surface area (Å²) < 4.78 is 4.83. The van der Waals surface area contributed by atoms with E-state index in [0.717, 1.165) is 19.3 Å². The summed E-state index contributed by atoms with van der Waals surface area (Å²) in [6, 6.07) is 0. The molecule has 0 heterocycles. The number of aliphatic hydroxyl groups excluding tert-OH is 1. The van der Waals surface area contributed by atoms with Gasteiger partial charge < -0.3 is 9.84 Å². The Labute approximate surface area is 90.8 Å². The first kappa shape index (κ1) is 10.9. The van der Waals surface area contributed by atoms with Crippen LogP contribution in [0.25, 0.3) is 0 Å². The van der Waals surface area contributed by atoms with E-state index in [4.69, 9.17) is 4.74 Å². The van der Waals surface area contributed by atoms with Crippen LogP contribution >= 0.6 is 0 Å². The fourth-order valence-electron chi connectivity index (χ4n) is 3.71. The van der Waals surface area contributed by atoms with E-state index in [9.17, 15) is 9.90 Å². The van der Waals surface area contributed by atoms with E-state index in [1.165, 1.54) is 7.11 Å². The van der Waals surface area contributed by atoms with Crippen molar-refractivity contribution in [3.8, 4) is 0 Å². The molecule has 0 aromatic rings. The van der Waals surface area contributed by atoms with E-state index in [1.807, 2.05) is 0 Å². The van der Waals surface area contributed by atoms with Gasteiger partial charge in [-0.25, -0.2) is 0 Å². The molecule has 0 aromatic carbocycles. The lowest BCUT2D eigenvalue weighted by Crippen LogP contribution is -2.48. The minimum atomic E-state index is -0.508. The molecule has 2 fully saturated rings. The van der Waals surface area contributed by atoms with Crippen LogP contribution in [0.4, 0.5) is 0 Å². The van der Waals surface area contributed by atoms with Gasteiger partial charge in [-0.3, -0.25) is 4.79 Å². The van der Waals surface area contributed by atoms with Crippen LogP contribution in [0.5, 0.6) is 0 Å². The second kappa shape index (κ2) is 3.48. The number of hydrogen-bond acceptors (Lipinski definition) is 3. The lowest BCUT2D eigenvalue weighted by molar-refractivity contribution is -0.162. The molecule has 0 spiro atoms. The number of methoxy groups -OCH3 is 1. The maximum absolute atomic E-state index is 11.7. The van der Waals surface area contributed by atoms with Gasteiger partial charge in [0.25, 0.3) is 0 Å². The van der Waals surface area contributed by atoms with Crippen molar-refractivity contribution in [1.29, 1.82) is 0 Å². The highest BCUT2D eigenvalue weighted by Gasteiger charge is 2.57. The molecule has 86 valence electrons. The third-order valence-electron chi connectivity index (χ3n) is 4.90. The fraction of sp³-hybridized carbons (Fsp3) is 0.917. The Hall–Kier alpha value is -0.570. The van der Waals surface area contributed by atoms with Crippen LogP contribution in [0.15, 0.2) is 0 Å². The Balaban J connectivity index is 2.31. The third kappa shape index (κ3) is 1.40. The summed E-state index contributed by atoms with van der Waals surface area (Å²) in [5.74, 6) is 0.546. The predicted molar refractivity (Wildman–Crippen MR) is 56.1 cm³/mol. The SMILES string of the molecule is COC(=O)C1[C@@H](O)C[C@H]2CCC1(C)[C@H]2C. The predicted octanol–water partition coefficient (Wildman–Crippen LogP) is 1.59. The zero-order valence-electron chi connectivity index (χ0n) is 9.69. The van der Waals surface area contributed by atoms with Crippen LogP contribution < -0.4 is 0 Å². The Kier molecular flexibility index (Phi) is 2.53. The molecule has 0 amide bonds. The minimum Gasteiger partial charge on any atom is -0.469 e. The second-order valence-corrected chi connectivity index (χ2v) is 5.40. The van der Waals surface area contributed by atoms with Gasteiger partial charge in [-0.15, -0.1) is 0 Å². The molecule has 2 bridgehead atoms. The molecule has 0 aliphatic heterocycles. The molecule has 2 aliphatic rings. The van der Waals surface area contributed by atoms with Crippen LogP contribution in [0.3, 0.4) is 0 Å². The molecule has 2 saturated carbocycles. The van der Waals surface area contributed by atoms with Gasteiger partial charge in [0.1, 0.15) is 0 Å². The van der Waals surface area contributed by atoms with Crippen LogP contribution in [0, 0.1) is 23.2 Å². The molecule has 1 N–H and O–H groups in total. The van der Waals surface area contributed by atoms with Crippen molar-refractivity contribution in [2.45, 2.75) is 39.2 Å². The summed E-state index contributed by atoms with van der Waals surface area (Å²) in [6.07, 6.45) is 2.43. The van der Waals surface area contributed by atoms with E-state index in [-0.39, 0.29) is 17.3 Å². The van der Waals surface area contributed by atoms with Crippen molar-refractivity contribution < 1.29 is 14.6 Å². The van der Waals surface area contributed by atoms with Gasteiger partial charge in [0, 0.05) is 0 Å². The Bertz CT molecular complexity index is 276. The molecule has 3 nitrogen and oxygen atoms in total. The summed E-state index contributed by atoms with van der Waals surface area (Å²) in [5, 5.41) is 10.0. The van der Waals surface area contributed by atoms with Crippen molar-refractivity contribution in [2.24, 2.45) is 23.2 Å². The van der Waals surface area contributed by atoms with Crippen molar-refractivity contribution >= 4 is 5.97 Å². The van der Waals surface area contributed by atoms with Crippen molar-refractivity contribution in [3.63, 3.8) is 0 Å². The number of esters is 1.